The number of amides is 1. The Kier molecular flexibility index (Phi) is 6.95. The van der Waals surface area contributed by atoms with Gasteiger partial charge in [-0.2, -0.15) is 4.31 Å². The van der Waals surface area contributed by atoms with Crippen molar-refractivity contribution in [2.75, 3.05) is 50.8 Å². The maximum atomic E-state index is 13.3. The summed E-state index contributed by atoms with van der Waals surface area (Å²) in [4.78, 5) is 22.5. The molecule has 3 aromatic rings. The number of piperazine rings is 1. The van der Waals surface area contributed by atoms with Crippen LogP contribution in [0.25, 0.3) is 10.2 Å². The maximum Gasteiger partial charge on any atom is 0.243 e. The van der Waals surface area contributed by atoms with E-state index in [2.05, 4.69) is 4.90 Å². The fraction of sp³-hybridized carbons (Fsp3) is 0.440. The first-order valence-electron chi connectivity index (χ1n) is 12.1. The van der Waals surface area contributed by atoms with E-state index < -0.39 is 10.0 Å². The molecule has 8 nitrogen and oxygen atoms in total. The number of ether oxygens (including phenoxy) is 1. The lowest BCUT2D eigenvalue weighted by atomic mass is 9.98. The van der Waals surface area contributed by atoms with Gasteiger partial charge < -0.3 is 14.5 Å². The van der Waals surface area contributed by atoms with Crippen molar-refractivity contribution in [2.45, 2.75) is 24.7 Å². The van der Waals surface area contributed by atoms with Crippen LogP contribution in [0.5, 0.6) is 5.75 Å². The van der Waals surface area contributed by atoms with Gasteiger partial charge in [-0.05, 0) is 50.1 Å². The van der Waals surface area contributed by atoms with Gasteiger partial charge in [0.1, 0.15) is 5.75 Å². The van der Waals surface area contributed by atoms with Crippen LogP contribution in [-0.4, -0.2) is 74.4 Å². The monoisotopic (exact) mass is 514 g/mol. The lowest BCUT2D eigenvalue weighted by Gasteiger charge is -2.38. The fourth-order valence-electron chi connectivity index (χ4n) is 4.76. The van der Waals surface area contributed by atoms with Crippen molar-refractivity contribution in [3.8, 4) is 5.75 Å². The first-order chi connectivity index (χ1) is 17.0. The second-order valence-electron chi connectivity index (χ2n) is 8.89. The van der Waals surface area contributed by atoms with Gasteiger partial charge >= 0.3 is 0 Å². The van der Waals surface area contributed by atoms with Crippen LogP contribution in [0.3, 0.4) is 0 Å². The lowest BCUT2D eigenvalue weighted by Crippen LogP contribution is -2.53. The SMILES string of the molecule is CCOc1ccc2nc(N3CCN(C(=O)C4CCCN(S(=O)(=O)c5ccccc5)C4)CC3)sc2c1. The van der Waals surface area contributed by atoms with Crippen molar-refractivity contribution in [2.24, 2.45) is 5.92 Å². The minimum atomic E-state index is -3.59. The van der Waals surface area contributed by atoms with Crippen LogP contribution in [0.15, 0.2) is 53.4 Å². The standard InChI is InChI=1S/C25H30N4O4S2/c1-2-33-20-10-11-22-23(17-20)34-25(26-22)28-15-13-27(14-16-28)24(30)19-7-6-12-29(18-19)35(31,32)21-8-4-3-5-9-21/h3-5,8-11,17,19H,2,6-7,12-16,18H2,1H3. The Bertz CT molecular complexity index is 1290. The number of carbonyl (C=O) groups is 1. The average Bonchev–Trinajstić information content (AvgIpc) is 3.33. The molecular formula is C25H30N4O4S2. The van der Waals surface area contributed by atoms with Crippen molar-refractivity contribution < 1.29 is 17.9 Å². The molecule has 2 aromatic carbocycles. The van der Waals surface area contributed by atoms with E-state index in [0.29, 0.717) is 45.8 Å². The zero-order chi connectivity index (χ0) is 24.4. The molecule has 5 rings (SSSR count). The van der Waals surface area contributed by atoms with E-state index in [9.17, 15) is 13.2 Å². The molecule has 1 aromatic heterocycles. The molecule has 1 unspecified atom stereocenters. The van der Waals surface area contributed by atoms with Crippen LogP contribution in [-0.2, 0) is 14.8 Å². The molecule has 0 bridgehead atoms. The summed E-state index contributed by atoms with van der Waals surface area (Å²) in [5.74, 6) is 0.609. The molecule has 10 heteroatoms. The molecule has 2 fully saturated rings. The number of nitrogens with zero attached hydrogens (tertiary/aromatic N) is 4. The number of thiazole rings is 1. The average molecular weight is 515 g/mol. The first kappa shape index (κ1) is 24.0. The Labute approximate surface area is 210 Å². The van der Waals surface area contributed by atoms with E-state index in [1.54, 1.807) is 41.7 Å². The number of anilines is 1. The highest BCUT2D eigenvalue weighted by molar-refractivity contribution is 7.89. The van der Waals surface area contributed by atoms with Gasteiger partial charge in [0.15, 0.2) is 5.13 Å². The molecule has 186 valence electrons. The van der Waals surface area contributed by atoms with E-state index >= 15 is 0 Å². The molecule has 0 saturated carbocycles. The summed E-state index contributed by atoms with van der Waals surface area (Å²) in [6, 6.07) is 14.4. The highest BCUT2D eigenvalue weighted by Gasteiger charge is 2.36. The van der Waals surface area contributed by atoms with E-state index in [-0.39, 0.29) is 23.3 Å². The Morgan fingerprint density at radius 2 is 1.86 bits per heavy atom. The summed E-state index contributed by atoms with van der Waals surface area (Å²) >= 11 is 1.64. The van der Waals surface area contributed by atoms with Gasteiger partial charge in [-0.1, -0.05) is 29.5 Å². The van der Waals surface area contributed by atoms with E-state index in [4.69, 9.17) is 9.72 Å². The van der Waals surface area contributed by atoms with E-state index in [0.717, 1.165) is 27.5 Å². The van der Waals surface area contributed by atoms with E-state index in [1.807, 2.05) is 30.0 Å². The van der Waals surface area contributed by atoms with Gasteiger partial charge in [0.2, 0.25) is 15.9 Å². The number of sulfonamides is 1. The summed E-state index contributed by atoms with van der Waals surface area (Å²) in [5.41, 5.74) is 0.953. The van der Waals surface area contributed by atoms with Gasteiger partial charge in [-0.3, -0.25) is 4.79 Å². The number of hydrogen-bond acceptors (Lipinski definition) is 7. The van der Waals surface area contributed by atoms with Gasteiger partial charge in [0.05, 0.1) is 27.6 Å². The number of fused-ring (bicyclic) bond motifs is 1. The molecule has 0 N–H and O–H groups in total. The first-order valence-corrected chi connectivity index (χ1v) is 14.3. The third-order valence-electron chi connectivity index (χ3n) is 6.64. The second kappa shape index (κ2) is 10.1. The molecule has 0 aliphatic carbocycles. The number of piperidine rings is 1. The second-order valence-corrected chi connectivity index (χ2v) is 11.8. The zero-order valence-electron chi connectivity index (χ0n) is 19.8. The van der Waals surface area contributed by atoms with Crippen LogP contribution < -0.4 is 9.64 Å². The Morgan fingerprint density at radius 1 is 1.09 bits per heavy atom. The van der Waals surface area contributed by atoms with Crippen molar-refractivity contribution in [3.05, 3.63) is 48.5 Å². The summed E-state index contributed by atoms with van der Waals surface area (Å²) in [6.45, 7) is 5.95. The van der Waals surface area contributed by atoms with Crippen molar-refractivity contribution in [1.82, 2.24) is 14.2 Å². The van der Waals surface area contributed by atoms with Gasteiger partial charge in [0.25, 0.3) is 0 Å². The summed E-state index contributed by atoms with van der Waals surface area (Å²) in [6.07, 6.45) is 1.41. The van der Waals surface area contributed by atoms with Crippen molar-refractivity contribution >= 4 is 42.6 Å². The molecule has 2 aliphatic heterocycles. The molecule has 35 heavy (non-hydrogen) atoms. The molecule has 0 radical (unpaired) electrons. The van der Waals surface area contributed by atoms with Crippen molar-refractivity contribution in [1.29, 1.82) is 0 Å². The topological polar surface area (TPSA) is 83.1 Å². The van der Waals surface area contributed by atoms with Gasteiger partial charge in [-0.15, -0.1) is 0 Å². The number of aromatic nitrogens is 1. The van der Waals surface area contributed by atoms with Crippen LogP contribution in [0.4, 0.5) is 5.13 Å². The Morgan fingerprint density at radius 3 is 2.60 bits per heavy atom. The van der Waals surface area contributed by atoms with Crippen LogP contribution in [0.1, 0.15) is 19.8 Å². The number of benzene rings is 2. The molecular weight excluding hydrogens is 484 g/mol. The Balaban J connectivity index is 1.21. The smallest absolute Gasteiger partial charge is 0.243 e. The van der Waals surface area contributed by atoms with Gasteiger partial charge in [0, 0.05) is 39.3 Å². The van der Waals surface area contributed by atoms with Gasteiger partial charge in [-0.25, -0.2) is 13.4 Å². The molecule has 1 atom stereocenters. The number of rotatable bonds is 6. The zero-order valence-corrected chi connectivity index (χ0v) is 21.4. The minimum absolute atomic E-state index is 0.0586. The molecule has 0 spiro atoms. The predicted octanol–water partition coefficient (Wildman–Crippen LogP) is 3.44. The van der Waals surface area contributed by atoms with Crippen molar-refractivity contribution in [3.63, 3.8) is 0 Å². The van der Waals surface area contributed by atoms with E-state index in [1.165, 1.54) is 4.31 Å². The molecule has 3 heterocycles. The van der Waals surface area contributed by atoms with Crippen LogP contribution in [0, 0.1) is 5.92 Å². The predicted molar refractivity (Wildman–Crippen MR) is 138 cm³/mol. The lowest BCUT2D eigenvalue weighted by molar-refractivity contribution is -0.137. The molecule has 1 amide bonds. The number of hydrogen-bond donors (Lipinski definition) is 0. The highest BCUT2D eigenvalue weighted by atomic mass is 32.2. The molecule has 2 saturated heterocycles. The number of carbonyl (C=O) groups excluding carboxylic acids is 1. The summed E-state index contributed by atoms with van der Waals surface area (Å²) in [5, 5.41) is 0.957. The minimum Gasteiger partial charge on any atom is -0.494 e. The van der Waals surface area contributed by atoms with Crippen LogP contribution >= 0.6 is 11.3 Å². The maximum absolute atomic E-state index is 13.3. The highest BCUT2D eigenvalue weighted by Crippen LogP contribution is 2.32. The molecule has 2 aliphatic rings. The third-order valence-corrected chi connectivity index (χ3v) is 9.59. The van der Waals surface area contributed by atoms with Crippen LogP contribution in [0.2, 0.25) is 0 Å². The largest absolute Gasteiger partial charge is 0.494 e. The Hall–Kier alpha value is -2.69. The summed E-state index contributed by atoms with van der Waals surface area (Å²) in [7, 11) is -3.59. The third kappa shape index (κ3) is 5.00. The summed E-state index contributed by atoms with van der Waals surface area (Å²) < 4.78 is 34.3. The quantitative estimate of drug-likeness (QED) is 0.501. The fourth-order valence-corrected chi connectivity index (χ4v) is 7.36. The normalized spacial score (nSPS) is 19.7.